The molecule has 1 fully saturated rings. The Morgan fingerprint density at radius 2 is 1.95 bits per heavy atom. The molecule has 20 heavy (non-hydrogen) atoms. The maximum Gasteiger partial charge on any atom is 0.224 e. The van der Waals surface area contributed by atoms with Gasteiger partial charge in [-0.05, 0) is 24.0 Å². The SMILES string of the molecule is NCc1ccccc1CC(=O)NC1(CO)CCOCC1. The zero-order valence-corrected chi connectivity index (χ0v) is 11.6. The molecule has 0 radical (unpaired) electrons. The summed E-state index contributed by atoms with van der Waals surface area (Å²) in [6, 6.07) is 7.66. The van der Waals surface area contributed by atoms with E-state index in [0.29, 0.717) is 32.6 Å². The molecule has 1 aromatic carbocycles. The molecule has 0 aromatic heterocycles. The Labute approximate surface area is 119 Å². The normalized spacial score (nSPS) is 17.7. The molecule has 1 aliphatic heterocycles. The van der Waals surface area contributed by atoms with Gasteiger partial charge in [0.1, 0.15) is 0 Å². The number of aliphatic hydroxyl groups excluding tert-OH is 1. The lowest BCUT2D eigenvalue weighted by Gasteiger charge is -2.36. The van der Waals surface area contributed by atoms with Gasteiger partial charge in [-0.3, -0.25) is 4.79 Å². The summed E-state index contributed by atoms with van der Waals surface area (Å²) < 4.78 is 5.28. The van der Waals surface area contributed by atoms with E-state index in [2.05, 4.69) is 5.32 Å². The first-order valence-corrected chi connectivity index (χ1v) is 6.95. The molecule has 5 nitrogen and oxygen atoms in total. The predicted octanol–water partition coefficient (Wildman–Crippen LogP) is 0.345. The summed E-state index contributed by atoms with van der Waals surface area (Å²) in [6.45, 7) is 1.50. The number of carbonyl (C=O) groups excluding carboxylic acids is 1. The molecular weight excluding hydrogens is 256 g/mol. The summed E-state index contributed by atoms with van der Waals surface area (Å²) >= 11 is 0. The van der Waals surface area contributed by atoms with E-state index in [1.54, 1.807) is 0 Å². The maximum absolute atomic E-state index is 12.2. The number of benzene rings is 1. The number of aliphatic hydroxyl groups is 1. The minimum absolute atomic E-state index is 0.0549. The zero-order valence-electron chi connectivity index (χ0n) is 11.6. The monoisotopic (exact) mass is 278 g/mol. The van der Waals surface area contributed by atoms with E-state index in [4.69, 9.17) is 10.5 Å². The zero-order chi connectivity index (χ0) is 14.4. The largest absolute Gasteiger partial charge is 0.394 e. The van der Waals surface area contributed by atoms with Crippen molar-refractivity contribution in [2.45, 2.75) is 31.3 Å². The highest BCUT2D eigenvalue weighted by Gasteiger charge is 2.33. The fraction of sp³-hybridized carbons (Fsp3) is 0.533. The Bertz CT molecular complexity index is 456. The van der Waals surface area contributed by atoms with Gasteiger partial charge >= 0.3 is 0 Å². The Morgan fingerprint density at radius 1 is 1.30 bits per heavy atom. The minimum Gasteiger partial charge on any atom is -0.394 e. The molecule has 0 unspecified atom stereocenters. The van der Waals surface area contributed by atoms with Crippen LogP contribution >= 0.6 is 0 Å². The van der Waals surface area contributed by atoms with Crippen molar-refractivity contribution in [3.8, 4) is 0 Å². The first kappa shape index (κ1) is 15.0. The van der Waals surface area contributed by atoms with E-state index in [9.17, 15) is 9.90 Å². The quantitative estimate of drug-likeness (QED) is 0.725. The molecule has 1 amide bonds. The number of hydrogen-bond acceptors (Lipinski definition) is 4. The van der Waals surface area contributed by atoms with Crippen LogP contribution in [0.15, 0.2) is 24.3 Å². The van der Waals surface area contributed by atoms with Crippen molar-refractivity contribution in [3.05, 3.63) is 35.4 Å². The van der Waals surface area contributed by atoms with Gasteiger partial charge in [-0.15, -0.1) is 0 Å². The third-order valence-electron chi connectivity index (χ3n) is 3.85. The highest BCUT2D eigenvalue weighted by molar-refractivity contribution is 5.79. The van der Waals surface area contributed by atoms with Crippen LogP contribution in [-0.4, -0.2) is 36.4 Å². The van der Waals surface area contributed by atoms with Gasteiger partial charge in [-0.2, -0.15) is 0 Å². The maximum atomic E-state index is 12.2. The minimum atomic E-state index is -0.535. The van der Waals surface area contributed by atoms with Crippen LogP contribution in [0, 0.1) is 0 Å². The molecule has 0 atom stereocenters. The fourth-order valence-corrected chi connectivity index (χ4v) is 2.53. The molecular formula is C15H22N2O3. The van der Waals surface area contributed by atoms with Crippen molar-refractivity contribution in [1.82, 2.24) is 5.32 Å². The van der Waals surface area contributed by atoms with Gasteiger partial charge in [0, 0.05) is 19.8 Å². The summed E-state index contributed by atoms with van der Waals surface area (Å²) in [5.74, 6) is -0.0816. The van der Waals surface area contributed by atoms with Crippen LogP contribution in [0.4, 0.5) is 0 Å². The molecule has 1 aromatic rings. The third kappa shape index (κ3) is 3.56. The summed E-state index contributed by atoms with van der Waals surface area (Å²) in [5.41, 5.74) is 7.06. The van der Waals surface area contributed by atoms with Crippen LogP contribution in [0.1, 0.15) is 24.0 Å². The lowest BCUT2D eigenvalue weighted by molar-refractivity contribution is -0.124. The van der Waals surface area contributed by atoms with Crippen LogP contribution in [0.2, 0.25) is 0 Å². The smallest absolute Gasteiger partial charge is 0.224 e. The number of carbonyl (C=O) groups is 1. The van der Waals surface area contributed by atoms with Gasteiger partial charge in [0.15, 0.2) is 0 Å². The number of ether oxygens (including phenoxy) is 1. The van der Waals surface area contributed by atoms with Crippen LogP contribution in [-0.2, 0) is 22.5 Å². The second-order valence-electron chi connectivity index (χ2n) is 5.25. The van der Waals surface area contributed by atoms with E-state index in [1.807, 2.05) is 24.3 Å². The number of hydrogen-bond donors (Lipinski definition) is 3. The number of nitrogens with one attached hydrogen (secondary N) is 1. The van der Waals surface area contributed by atoms with Crippen molar-refractivity contribution >= 4 is 5.91 Å². The van der Waals surface area contributed by atoms with E-state index >= 15 is 0 Å². The van der Waals surface area contributed by atoms with E-state index in [-0.39, 0.29) is 18.9 Å². The van der Waals surface area contributed by atoms with Crippen molar-refractivity contribution in [2.24, 2.45) is 5.73 Å². The van der Waals surface area contributed by atoms with E-state index in [0.717, 1.165) is 11.1 Å². The van der Waals surface area contributed by atoms with Gasteiger partial charge in [-0.1, -0.05) is 24.3 Å². The van der Waals surface area contributed by atoms with Crippen LogP contribution in [0.5, 0.6) is 0 Å². The van der Waals surface area contributed by atoms with Gasteiger partial charge in [-0.25, -0.2) is 0 Å². The molecule has 5 heteroatoms. The van der Waals surface area contributed by atoms with Crippen LogP contribution < -0.4 is 11.1 Å². The molecule has 4 N–H and O–H groups in total. The molecule has 0 aliphatic carbocycles. The topological polar surface area (TPSA) is 84.6 Å². The van der Waals surface area contributed by atoms with E-state index < -0.39 is 5.54 Å². The van der Waals surface area contributed by atoms with Gasteiger partial charge in [0.25, 0.3) is 0 Å². The highest BCUT2D eigenvalue weighted by atomic mass is 16.5. The van der Waals surface area contributed by atoms with Gasteiger partial charge in [0.05, 0.1) is 18.6 Å². The predicted molar refractivity (Wildman–Crippen MR) is 76.0 cm³/mol. The first-order valence-electron chi connectivity index (χ1n) is 6.95. The average Bonchev–Trinajstić information content (AvgIpc) is 2.48. The fourth-order valence-electron chi connectivity index (χ4n) is 2.53. The molecule has 1 saturated heterocycles. The second-order valence-corrected chi connectivity index (χ2v) is 5.25. The summed E-state index contributed by atoms with van der Waals surface area (Å²) in [5, 5.41) is 12.5. The van der Waals surface area contributed by atoms with Crippen molar-refractivity contribution in [2.75, 3.05) is 19.8 Å². The Hall–Kier alpha value is -1.43. The number of rotatable bonds is 5. The summed E-state index contributed by atoms with van der Waals surface area (Å²) in [4.78, 5) is 12.2. The standard InChI is InChI=1S/C15H22N2O3/c16-10-13-4-2-1-3-12(13)9-14(19)17-15(11-18)5-7-20-8-6-15/h1-4,18H,5-11,16H2,(H,17,19). The van der Waals surface area contributed by atoms with Gasteiger partial charge < -0.3 is 20.9 Å². The van der Waals surface area contributed by atoms with Gasteiger partial charge in [0.2, 0.25) is 5.91 Å². The molecule has 2 rings (SSSR count). The van der Waals surface area contributed by atoms with Crippen molar-refractivity contribution in [1.29, 1.82) is 0 Å². The lowest BCUT2D eigenvalue weighted by atomic mass is 9.90. The Kier molecular flexibility index (Phi) is 5.11. The Morgan fingerprint density at radius 3 is 2.55 bits per heavy atom. The average molecular weight is 278 g/mol. The van der Waals surface area contributed by atoms with Crippen molar-refractivity contribution < 1.29 is 14.6 Å². The van der Waals surface area contributed by atoms with Crippen LogP contribution in [0.25, 0.3) is 0 Å². The molecule has 0 saturated carbocycles. The lowest BCUT2D eigenvalue weighted by Crippen LogP contribution is -2.55. The first-order chi connectivity index (χ1) is 9.69. The molecule has 1 aliphatic rings. The number of nitrogens with two attached hydrogens (primary N) is 1. The third-order valence-corrected chi connectivity index (χ3v) is 3.85. The summed E-state index contributed by atoms with van der Waals surface area (Å²) in [7, 11) is 0. The van der Waals surface area contributed by atoms with Crippen molar-refractivity contribution in [3.63, 3.8) is 0 Å². The Balaban J connectivity index is 2.01. The molecule has 110 valence electrons. The van der Waals surface area contributed by atoms with Crippen LogP contribution in [0.3, 0.4) is 0 Å². The molecule has 0 bridgehead atoms. The summed E-state index contributed by atoms with van der Waals surface area (Å²) in [6.07, 6.45) is 1.58. The molecule has 1 heterocycles. The highest BCUT2D eigenvalue weighted by Crippen LogP contribution is 2.20. The number of amides is 1. The molecule has 0 spiro atoms. The van der Waals surface area contributed by atoms with E-state index in [1.165, 1.54) is 0 Å². The second kappa shape index (κ2) is 6.83.